The second kappa shape index (κ2) is 6.70. The number of nitrogens with zero attached hydrogens (tertiary/aromatic N) is 7. The Bertz CT molecular complexity index is 1500. The van der Waals surface area contributed by atoms with Crippen molar-refractivity contribution in [3.8, 4) is 11.8 Å². The van der Waals surface area contributed by atoms with Gasteiger partial charge < -0.3 is 5.73 Å². The third-order valence-electron chi connectivity index (χ3n) is 4.49. The van der Waals surface area contributed by atoms with Crippen LogP contribution in [0.3, 0.4) is 0 Å². The van der Waals surface area contributed by atoms with Crippen molar-refractivity contribution >= 4 is 45.1 Å². The molecule has 0 amide bonds. The summed E-state index contributed by atoms with van der Waals surface area (Å²) in [5.41, 5.74) is 4.26. The Kier molecular flexibility index (Phi) is 4.14. The molecule has 0 aliphatic rings. The van der Waals surface area contributed by atoms with Gasteiger partial charge in [-0.3, -0.25) is 34.9 Å². The van der Waals surface area contributed by atoms with E-state index in [-0.39, 0.29) is 45.0 Å². The standard InChI is InChI=1S/C17H8N8O6/c18-7-10-15-17(22(16(10)19)8-2-1-3-9(4-8)23(26)27)21-12-6-14(25(30)31)13(24(28)29)5-11(12)20-15/h1-6H,19H2. The maximum absolute atomic E-state index is 11.2. The van der Waals surface area contributed by atoms with Gasteiger partial charge in [0.2, 0.25) is 0 Å². The zero-order valence-electron chi connectivity index (χ0n) is 15.1. The molecule has 14 heteroatoms. The fraction of sp³-hybridized carbons (Fsp3) is 0. The predicted molar refractivity (Wildman–Crippen MR) is 105 cm³/mol. The van der Waals surface area contributed by atoms with Crippen LogP contribution in [0, 0.1) is 41.7 Å². The fourth-order valence-electron chi connectivity index (χ4n) is 3.15. The van der Waals surface area contributed by atoms with E-state index < -0.39 is 26.1 Å². The lowest BCUT2D eigenvalue weighted by Crippen LogP contribution is -2.03. The minimum absolute atomic E-state index is 0.00481. The van der Waals surface area contributed by atoms with Gasteiger partial charge in [0.05, 0.1) is 43.6 Å². The Labute approximate surface area is 170 Å². The molecule has 0 spiro atoms. The largest absolute Gasteiger partial charge is 0.384 e. The van der Waals surface area contributed by atoms with Gasteiger partial charge in [0.15, 0.2) is 5.65 Å². The number of fused-ring (bicyclic) bond motifs is 2. The number of benzene rings is 2. The number of hydrogen-bond acceptors (Lipinski definition) is 10. The van der Waals surface area contributed by atoms with Gasteiger partial charge in [-0.25, -0.2) is 9.97 Å². The van der Waals surface area contributed by atoms with E-state index in [1.54, 1.807) is 0 Å². The van der Waals surface area contributed by atoms with Crippen LogP contribution in [-0.2, 0) is 0 Å². The third kappa shape index (κ3) is 2.89. The van der Waals surface area contributed by atoms with Gasteiger partial charge in [0.25, 0.3) is 5.69 Å². The second-order valence-electron chi connectivity index (χ2n) is 6.22. The number of hydrogen-bond donors (Lipinski definition) is 1. The highest BCUT2D eigenvalue weighted by molar-refractivity contribution is 5.95. The SMILES string of the molecule is N#Cc1c(N)n(-c2cccc([N+](=O)[O-])c2)c2nc3cc([N+](=O)[O-])c([N+](=O)[O-])cc3nc12. The molecule has 0 aliphatic heterocycles. The van der Waals surface area contributed by atoms with Crippen molar-refractivity contribution in [3.05, 3.63) is 72.3 Å². The number of non-ortho nitro benzene ring substituents is 1. The van der Waals surface area contributed by atoms with Crippen LogP contribution in [0.5, 0.6) is 0 Å². The molecule has 4 rings (SSSR count). The van der Waals surface area contributed by atoms with Crippen LogP contribution in [0.15, 0.2) is 36.4 Å². The third-order valence-corrected chi connectivity index (χ3v) is 4.49. The summed E-state index contributed by atoms with van der Waals surface area (Å²) in [5, 5.41) is 43.1. The Morgan fingerprint density at radius 1 is 0.935 bits per heavy atom. The van der Waals surface area contributed by atoms with E-state index in [1.807, 2.05) is 6.07 Å². The van der Waals surface area contributed by atoms with Crippen molar-refractivity contribution in [2.24, 2.45) is 0 Å². The summed E-state index contributed by atoms with van der Waals surface area (Å²) >= 11 is 0. The highest BCUT2D eigenvalue weighted by Gasteiger charge is 2.27. The first-order valence-electron chi connectivity index (χ1n) is 8.32. The van der Waals surface area contributed by atoms with E-state index in [4.69, 9.17) is 5.73 Å². The molecule has 2 aromatic heterocycles. The van der Waals surface area contributed by atoms with Crippen LogP contribution in [-0.4, -0.2) is 29.3 Å². The van der Waals surface area contributed by atoms with E-state index in [1.165, 1.54) is 28.8 Å². The Balaban J connectivity index is 2.11. The summed E-state index contributed by atoms with van der Waals surface area (Å²) < 4.78 is 1.25. The lowest BCUT2D eigenvalue weighted by Gasteiger charge is -2.07. The maximum atomic E-state index is 11.2. The van der Waals surface area contributed by atoms with Gasteiger partial charge in [-0.1, -0.05) is 6.07 Å². The van der Waals surface area contributed by atoms with E-state index in [2.05, 4.69) is 9.97 Å². The summed E-state index contributed by atoms with van der Waals surface area (Å²) in [5.74, 6) is -0.114. The van der Waals surface area contributed by atoms with E-state index in [0.717, 1.165) is 12.1 Å². The summed E-state index contributed by atoms with van der Waals surface area (Å²) in [7, 11) is 0. The first-order valence-corrected chi connectivity index (χ1v) is 8.32. The minimum Gasteiger partial charge on any atom is -0.384 e. The van der Waals surface area contributed by atoms with Crippen molar-refractivity contribution < 1.29 is 14.8 Å². The summed E-state index contributed by atoms with van der Waals surface area (Å²) in [6, 6.07) is 9.04. The molecular formula is C17H8N8O6. The highest BCUT2D eigenvalue weighted by Crippen LogP contribution is 2.35. The number of aromatic nitrogens is 3. The molecular weight excluding hydrogens is 412 g/mol. The number of anilines is 1. The summed E-state index contributed by atoms with van der Waals surface area (Å²) in [6.07, 6.45) is 0. The van der Waals surface area contributed by atoms with Gasteiger partial charge in [0.1, 0.15) is 23.0 Å². The van der Waals surface area contributed by atoms with Gasteiger partial charge in [-0.2, -0.15) is 5.26 Å². The smallest absolute Gasteiger partial charge is 0.348 e. The molecule has 0 unspecified atom stereocenters. The molecule has 2 heterocycles. The molecule has 0 bridgehead atoms. The van der Waals surface area contributed by atoms with Gasteiger partial charge in [-0.15, -0.1) is 0 Å². The van der Waals surface area contributed by atoms with Gasteiger partial charge >= 0.3 is 11.4 Å². The maximum Gasteiger partial charge on any atom is 0.348 e. The van der Waals surface area contributed by atoms with E-state index >= 15 is 0 Å². The van der Waals surface area contributed by atoms with Gasteiger partial charge in [-0.05, 0) is 6.07 Å². The van der Waals surface area contributed by atoms with Crippen molar-refractivity contribution in [1.29, 1.82) is 5.26 Å². The average molecular weight is 420 g/mol. The van der Waals surface area contributed by atoms with Crippen LogP contribution in [0.2, 0.25) is 0 Å². The van der Waals surface area contributed by atoms with Crippen LogP contribution in [0.1, 0.15) is 5.56 Å². The first-order chi connectivity index (χ1) is 14.7. The van der Waals surface area contributed by atoms with Crippen LogP contribution < -0.4 is 5.73 Å². The zero-order valence-corrected chi connectivity index (χ0v) is 15.1. The minimum atomic E-state index is -0.919. The normalized spacial score (nSPS) is 10.8. The highest BCUT2D eigenvalue weighted by atomic mass is 16.6. The molecule has 0 saturated heterocycles. The number of rotatable bonds is 4. The molecule has 152 valence electrons. The quantitative estimate of drug-likeness (QED) is 0.376. The monoisotopic (exact) mass is 420 g/mol. The van der Waals surface area contributed by atoms with Crippen molar-refractivity contribution in [3.63, 3.8) is 0 Å². The Morgan fingerprint density at radius 2 is 1.55 bits per heavy atom. The van der Waals surface area contributed by atoms with E-state index in [0.29, 0.717) is 0 Å². The molecule has 0 atom stereocenters. The number of nitrogen functional groups attached to an aromatic ring is 1. The number of nitro groups is 3. The second-order valence-corrected chi connectivity index (χ2v) is 6.22. The molecule has 4 aromatic rings. The van der Waals surface area contributed by atoms with E-state index in [9.17, 15) is 35.6 Å². The van der Waals surface area contributed by atoms with Crippen molar-refractivity contribution in [2.45, 2.75) is 0 Å². The molecule has 0 saturated carbocycles. The lowest BCUT2D eigenvalue weighted by atomic mass is 10.2. The van der Waals surface area contributed by atoms with Crippen LogP contribution in [0.4, 0.5) is 22.9 Å². The fourth-order valence-corrected chi connectivity index (χ4v) is 3.15. The van der Waals surface area contributed by atoms with Crippen molar-refractivity contribution in [1.82, 2.24) is 14.5 Å². The van der Waals surface area contributed by atoms with Crippen LogP contribution in [0.25, 0.3) is 27.9 Å². The molecule has 2 aromatic carbocycles. The topological polar surface area (TPSA) is 210 Å². The number of nitriles is 1. The summed E-state index contributed by atoms with van der Waals surface area (Å²) in [6.45, 7) is 0. The first kappa shape index (κ1) is 19.1. The Hall–Kier alpha value is -5.19. The molecule has 0 aliphatic carbocycles. The molecule has 2 N–H and O–H groups in total. The Morgan fingerprint density at radius 3 is 2.10 bits per heavy atom. The van der Waals surface area contributed by atoms with Crippen LogP contribution >= 0.6 is 0 Å². The molecule has 0 radical (unpaired) electrons. The average Bonchev–Trinajstić information content (AvgIpc) is 3.00. The zero-order chi connectivity index (χ0) is 22.4. The van der Waals surface area contributed by atoms with Crippen molar-refractivity contribution in [2.75, 3.05) is 5.73 Å². The molecule has 14 nitrogen and oxygen atoms in total. The molecule has 31 heavy (non-hydrogen) atoms. The molecule has 0 fully saturated rings. The van der Waals surface area contributed by atoms with Gasteiger partial charge in [0, 0.05) is 12.1 Å². The number of nitrogens with two attached hydrogens (primary N) is 1. The summed E-state index contributed by atoms with van der Waals surface area (Å²) in [4.78, 5) is 39.6. The number of nitro benzene ring substituents is 3. The predicted octanol–water partition coefficient (Wildman–Crippen LogP) is 2.75. The lowest BCUT2D eigenvalue weighted by molar-refractivity contribution is -0.422.